The van der Waals surface area contributed by atoms with E-state index in [1.807, 2.05) is 31.2 Å². The van der Waals surface area contributed by atoms with Crippen LogP contribution < -0.4 is 10.6 Å². The molecule has 0 unspecified atom stereocenters. The number of hydrogen-bond acceptors (Lipinski definition) is 2. The fourth-order valence-electron chi connectivity index (χ4n) is 1.43. The molecule has 4 nitrogen and oxygen atoms in total. The topological polar surface area (TPSA) is 58.2 Å². The van der Waals surface area contributed by atoms with E-state index < -0.39 is 0 Å². The molecule has 1 rings (SSSR count). The van der Waals surface area contributed by atoms with Gasteiger partial charge < -0.3 is 10.6 Å². The van der Waals surface area contributed by atoms with Crippen molar-refractivity contribution in [3.05, 3.63) is 41.5 Å². The average Bonchev–Trinajstić information content (AvgIpc) is 2.32. The van der Waals surface area contributed by atoms with Gasteiger partial charge in [-0.25, -0.2) is 0 Å². The first-order valence-electron chi connectivity index (χ1n) is 5.85. The fraction of sp³-hybridized carbons (Fsp3) is 0.286. The van der Waals surface area contributed by atoms with Gasteiger partial charge in [-0.1, -0.05) is 29.8 Å². The van der Waals surface area contributed by atoms with Crippen LogP contribution in [-0.4, -0.2) is 24.9 Å². The molecule has 0 aromatic heterocycles. The van der Waals surface area contributed by atoms with E-state index in [4.69, 9.17) is 0 Å². The van der Waals surface area contributed by atoms with Crippen LogP contribution in [0.1, 0.15) is 18.1 Å². The second kappa shape index (κ2) is 7.27. The zero-order valence-corrected chi connectivity index (χ0v) is 10.7. The highest BCUT2D eigenvalue weighted by molar-refractivity contribution is 5.91. The van der Waals surface area contributed by atoms with Crippen molar-refractivity contribution in [2.24, 2.45) is 0 Å². The lowest BCUT2D eigenvalue weighted by molar-refractivity contribution is -0.119. The number of amides is 2. The van der Waals surface area contributed by atoms with Gasteiger partial charge in [-0.3, -0.25) is 9.59 Å². The molecular formula is C14H18N2O2. The molecule has 2 N–H and O–H groups in total. The first-order valence-corrected chi connectivity index (χ1v) is 5.85. The first-order chi connectivity index (χ1) is 8.58. The van der Waals surface area contributed by atoms with Gasteiger partial charge in [0.2, 0.25) is 11.8 Å². The average molecular weight is 246 g/mol. The summed E-state index contributed by atoms with van der Waals surface area (Å²) in [5, 5.41) is 5.29. The van der Waals surface area contributed by atoms with Crippen molar-refractivity contribution in [2.45, 2.75) is 13.8 Å². The van der Waals surface area contributed by atoms with E-state index in [0.717, 1.165) is 11.1 Å². The van der Waals surface area contributed by atoms with Crippen molar-refractivity contribution in [1.29, 1.82) is 0 Å². The fourth-order valence-corrected chi connectivity index (χ4v) is 1.43. The largest absolute Gasteiger partial charge is 0.355 e. The van der Waals surface area contributed by atoms with Gasteiger partial charge in [0.25, 0.3) is 0 Å². The summed E-state index contributed by atoms with van der Waals surface area (Å²) in [6, 6.07) is 7.89. The number of benzene rings is 1. The lowest BCUT2D eigenvalue weighted by Gasteiger charge is -2.02. The highest BCUT2D eigenvalue weighted by Gasteiger charge is 1.95. The molecule has 0 aliphatic rings. The van der Waals surface area contributed by atoms with E-state index in [1.54, 1.807) is 6.08 Å². The molecule has 0 aliphatic carbocycles. The van der Waals surface area contributed by atoms with E-state index in [9.17, 15) is 9.59 Å². The third-order valence-electron chi connectivity index (χ3n) is 2.27. The van der Waals surface area contributed by atoms with E-state index >= 15 is 0 Å². The molecule has 0 fully saturated rings. The van der Waals surface area contributed by atoms with Crippen molar-refractivity contribution >= 4 is 17.9 Å². The Morgan fingerprint density at radius 3 is 2.61 bits per heavy atom. The lowest BCUT2D eigenvalue weighted by Crippen LogP contribution is -2.32. The molecule has 0 bridgehead atoms. The van der Waals surface area contributed by atoms with E-state index in [0.29, 0.717) is 13.1 Å². The van der Waals surface area contributed by atoms with Crippen LogP contribution in [0.5, 0.6) is 0 Å². The molecule has 18 heavy (non-hydrogen) atoms. The Balaban J connectivity index is 2.33. The van der Waals surface area contributed by atoms with Gasteiger partial charge in [0.05, 0.1) is 0 Å². The summed E-state index contributed by atoms with van der Waals surface area (Å²) >= 11 is 0. The van der Waals surface area contributed by atoms with Crippen molar-refractivity contribution in [3.8, 4) is 0 Å². The molecule has 96 valence electrons. The van der Waals surface area contributed by atoms with E-state index in [-0.39, 0.29) is 11.8 Å². The van der Waals surface area contributed by atoms with Crippen LogP contribution >= 0.6 is 0 Å². The van der Waals surface area contributed by atoms with Crippen LogP contribution in [0.25, 0.3) is 6.08 Å². The summed E-state index contributed by atoms with van der Waals surface area (Å²) in [6.07, 6.45) is 3.25. The Hall–Kier alpha value is -2.10. The Morgan fingerprint density at radius 1 is 1.22 bits per heavy atom. The van der Waals surface area contributed by atoms with Crippen molar-refractivity contribution in [3.63, 3.8) is 0 Å². The molecule has 0 heterocycles. The molecule has 1 aromatic carbocycles. The van der Waals surface area contributed by atoms with Crippen LogP contribution in [0.3, 0.4) is 0 Å². The van der Waals surface area contributed by atoms with E-state index in [2.05, 4.69) is 10.6 Å². The van der Waals surface area contributed by atoms with Gasteiger partial charge in [0.15, 0.2) is 0 Å². The molecule has 1 aromatic rings. The van der Waals surface area contributed by atoms with Crippen LogP contribution in [0.4, 0.5) is 0 Å². The number of carbonyl (C=O) groups excluding carboxylic acids is 2. The van der Waals surface area contributed by atoms with Crippen LogP contribution in [0, 0.1) is 6.92 Å². The third kappa shape index (κ3) is 5.84. The molecule has 0 aliphatic heterocycles. The summed E-state index contributed by atoms with van der Waals surface area (Å²) < 4.78 is 0. The first kappa shape index (κ1) is 14.0. The summed E-state index contributed by atoms with van der Waals surface area (Å²) in [4.78, 5) is 22.0. The van der Waals surface area contributed by atoms with Crippen molar-refractivity contribution in [2.75, 3.05) is 13.1 Å². The van der Waals surface area contributed by atoms with Gasteiger partial charge in [-0.05, 0) is 18.6 Å². The Kier molecular flexibility index (Phi) is 5.64. The summed E-state index contributed by atoms with van der Waals surface area (Å²) in [5.74, 6) is -0.263. The molecule has 0 atom stereocenters. The normalized spacial score (nSPS) is 10.3. The number of hydrogen-bond donors (Lipinski definition) is 2. The highest BCUT2D eigenvalue weighted by Crippen LogP contribution is 2.05. The van der Waals surface area contributed by atoms with Gasteiger partial charge in [-0.15, -0.1) is 0 Å². The molecule has 0 saturated carbocycles. The predicted octanol–water partition coefficient (Wildman–Crippen LogP) is 1.26. The molecule has 2 amide bonds. The van der Waals surface area contributed by atoms with Crippen molar-refractivity contribution in [1.82, 2.24) is 10.6 Å². The standard InChI is InChI=1S/C14H18N2O2/c1-11-4-3-5-13(10-11)6-7-14(18)16-9-8-15-12(2)17/h3-7,10H,8-9H2,1-2H3,(H,15,17)(H,16,18). The maximum atomic E-state index is 11.4. The number of rotatable bonds is 5. The molecule has 0 radical (unpaired) electrons. The van der Waals surface area contributed by atoms with Gasteiger partial charge in [-0.2, -0.15) is 0 Å². The Bertz CT molecular complexity index is 453. The zero-order valence-electron chi connectivity index (χ0n) is 10.7. The van der Waals surface area contributed by atoms with Crippen LogP contribution in [-0.2, 0) is 9.59 Å². The van der Waals surface area contributed by atoms with E-state index in [1.165, 1.54) is 13.0 Å². The highest BCUT2D eigenvalue weighted by atomic mass is 16.2. The minimum absolute atomic E-state index is 0.0976. The van der Waals surface area contributed by atoms with Gasteiger partial charge >= 0.3 is 0 Å². The Labute approximate surface area is 107 Å². The number of nitrogens with one attached hydrogen (secondary N) is 2. The van der Waals surface area contributed by atoms with Crippen molar-refractivity contribution < 1.29 is 9.59 Å². The van der Waals surface area contributed by atoms with Crippen LogP contribution in [0.2, 0.25) is 0 Å². The predicted molar refractivity (Wildman–Crippen MR) is 71.9 cm³/mol. The summed E-state index contributed by atoms with van der Waals surface area (Å²) in [5.41, 5.74) is 2.15. The SMILES string of the molecule is CC(=O)NCCNC(=O)C=Cc1cccc(C)c1. The maximum Gasteiger partial charge on any atom is 0.244 e. The molecule has 0 spiro atoms. The molecule has 0 saturated heterocycles. The smallest absolute Gasteiger partial charge is 0.244 e. The second-order valence-electron chi connectivity index (χ2n) is 4.02. The van der Waals surface area contributed by atoms with Gasteiger partial charge in [0.1, 0.15) is 0 Å². The zero-order chi connectivity index (χ0) is 13.4. The third-order valence-corrected chi connectivity index (χ3v) is 2.27. The summed E-state index contributed by atoms with van der Waals surface area (Å²) in [6.45, 7) is 4.32. The minimum Gasteiger partial charge on any atom is -0.355 e. The molecule has 4 heteroatoms. The monoisotopic (exact) mass is 246 g/mol. The lowest BCUT2D eigenvalue weighted by atomic mass is 10.1. The quantitative estimate of drug-likeness (QED) is 0.607. The maximum absolute atomic E-state index is 11.4. The minimum atomic E-state index is -0.165. The Morgan fingerprint density at radius 2 is 1.94 bits per heavy atom. The second-order valence-corrected chi connectivity index (χ2v) is 4.02. The molecular weight excluding hydrogens is 228 g/mol. The number of aryl methyl sites for hydroxylation is 1. The van der Waals surface area contributed by atoms with Crippen LogP contribution in [0.15, 0.2) is 30.3 Å². The number of carbonyl (C=O) groups is 2. The van der Waals surface area contributed by atoms with Gasteiger partial charge in [0, 0.05) is 26.1 Å². The summed E-state index contributed by atoms with van der Waals surface area (Å²) in [7, 11) is 0.